The Morgan fingerprint density at radius 1 is 1.03 bits per heavy atom. The summed E-state index contributed by atoms with van der Waals surface area (Å²) in [6, 6.07) is 21.6. The molecule has 0 aliphatic heterocycles. The van der Waals surface area contributed by atoms with Gasteiger partial charge in [0.2, 0.25) is 12.3 Å². The van der Waals surface area contributed by atoms with E-state index in [2.05, 4.69) is 12.2 Å². The second kappa shape index (κ2) is 12.6. The summed E-state index contributed by atoms with van der Waals surface area (Å²) in [6.07, 6.45) is 2.49. The van der Waals surface area contributed by atoms with Crippen LogP contribution in [0.2, 0.25) is 0 Å². The number of carbonyl (C=O) groups excluding carboxylic acids is 2. The maximum atomic E-state index is 12.5. The first-order chi connectivity index (χ1) is 18.1. The van der Waals surface area contributed by atoms with E-state index >= 15 is 0 Å². The van der Waals surface area contributed by atoms with Gasteiger partial charge in [0.25, 0.3) is 5.91 Å². The molecule has 0 saturated heterocycles. The molecule has 1 heterocycles. The van der Waals surface area contributed by atoms with E-state index in [1.54, 1.807) is 48.5 Å². The van der Waals surface area contributed by atoms with Crippen LogP contribution in [0, 0.1) is 0 Å². The highest BCUT2D eigenvalue weighted by Gasteiger charge is 2.14. The molecule has 0 aliphatic rings. The minimum absolute atomic E-state index is 0.250. The maximum Gasteiger partial charge on any atom is 0.255 e. The van der Waals surface area contributed by atoms with Crippen molar-refractivity contribution in [3.8, 4) is 5.75 Å². The molecule has 2 amide bonds. The van der Waals surface area contributed by atoms with E-state index < -0.39 is 0 Å². The standard InChI is InChI=1S/C29H31N3O5/c1-2-16-35-17-14-21-6-5-9-27-24(21)19-28(37-27)32(20-33)15-18-36-23-12-10-22(11-13-23)29(34)31-26-8-4-3-7-25(26)30/h3-13,19-20H,2,14-18,30H2,1H3,(H,31,34). The summed E-state index contributed by atoms with van der Waals surface area (Å²) in [5.74, 6) is 0.779. The van der Waals surface area contributed by atoms with Crippen molar-refractivity contribution in [3.63, 3.8) is 0 Å². The van der Waals surface area contributed by atoms with Gasteiger partial charge in [0.15, 0.2) is 0 Å². The van der Waals surface area contributed by atoms with E-state index in [4.69, 9.17) is 19.6 Å². The first-order valence-electron chi connectivity index (χ1n) is 12.3. The molecule has 0 fully saturated rings. The number of nitrogens with one attached hydrogen (secondary N) is 1. The Morgan fingerprint density at radius 2 is 1.84 bits per heavy atom. The quantitative estimate of drug-likeness (QED) is 0.147. The second-order valence-electron chi connectivity index (χ2n) is 8.49. The Kier molecular flexibility index (Phi) is 8.78. The van der Waals surface area contributed by atoms with Crippen LogP contribution in [0.4, 0.5) is 17.3 Å². The Morgan fingerprint density at radius 3 is 2.59 bits per heavy atom. The van der Waals surface area contributed by atoms with Crippen LogP contribution in [0.3, 0.4) is 0 Å². The zero-order valence-corrected chi connectivity index (χ0v) is 20.8. The fourth-order valence-electron chi connectivity index (χ4n) is 3.88. The monoisotopic (exact) mass is 501 g/mol. The van der Waals surface area contributed by atoms with Crippen LogP contribution in [-0.4, -0.2) is 38.7 Å². The van der Waals surface area contributed by atoms with Gasteiger partial charge < -0.3 is 24.9 Å². The molecule has 0 aliphatic carbocycles. The van der Waals surface area contributed by atoms with Crippen LogP contribution in [-0.2, 0) is 16.0 Å². The molecular formula is C29H31N3O5. The number of anilines is 3. The molecule has 4 rings (SSSR count). The lowest BCUT2D eigenvalue weighted by atomic mass is 10.1. The molecule has 0 atom stereocenters. The van der Waals surface area contributed by atoms with Crippen molar-refractivity contribution in [3.05, 3.63) is 83.9 Å². The second-order valence-corrected chi connectivity index (χ2v) is 8.49. The van der Waals surface area contributed by atoms with Crippen molar-refractivity contribution in [2.45, 2.75) is 19.8 Å². The van der Waals surface area contributed by atoms with Crippen molar-refractivity contribution in [2.75, 3.05) is 42.3 Å². The van der Waals surface area contributed by atoms with E-state index in [0.29, 0.717) is 41.7 Å². The topological polar surface area (TPSA) is 107 Å². The summed E-state index contributed by atoms with van der Waals surface area (Å²) < 4.78 is 17.3. The van der Waals surface area contributed by atoms with Gasteiger partial charge in [-0.25, -0.2) is 0 Å². The third-order valence-electron chi connectivity index (χ3n) is 5.84. The number of hydrogen-bond donors (Lipinski definition) is 2. The van der Waals surface area contributed by atoms with E-state index in [-0.39, 0.29) is 12.5 Å². The van der Waals surface area contributed by atoms with Gasteiger partial charge in [-0.15, -0.1) is 0 Å². The lowest BCUT2D eigenvalue weighted by Crippen LogP contribution is -2.26. The summed E-state index contributed by atoms with van der Waals surface area (Å²) >= 11 is 0. The average Bonchev–Trinajstić information content (AvgIpc) is 3.35. The summed E-state index contributed by atoms with van der Waals surface area (Å²) in [7, 11) is 0. The normalized spacial score (nSPS) is 10.8. The first kappa shape index (κ1) is 25.8. The number of benzene rings is 3. The summed E-state index contributed by atoms with van der Waals surface area (Å²) in [6.45, 7) is 4.01. The Hall–Kier alpha value is -4.30. The molecule has 192 valence electrons. The van der Waals surface area contributed by atoms with Crippen molar-refractivity contribution < 1.29 is 23.5 Å². The number of rotatable bonds is 13. The number of para-hydroxylation sites is 2. The van der Waals surface area contributed by atoms with Gasteiger partial charge in [0.1, 0.15) is 17.9 Å². The van der Waals surface area contributed by atoms with Gasteiger partial charge in [-0.2, -0.15) is 0 Å². The minimum atomic E-state index is -0.266. The first-order valence-corrected chi connectivity index (χ1v) is 12.3. The van der Waals surface area contributed by atoms with E-state index in [1.807, 2.05) is 24.3 Å². The molecule has 37 heavy (non-hydrogen) atoms. The molecule has 0 radical (unpaired) electrons. The van der Waals surface area contributed by atoms with Crippen molar-refractivity contribution >= 4 is 40.5 Å². The predicted molar refractivity (Wildman–Crippen MR) is 145 cm³/mol. The number of ether oxygens (including phenoxy) is 2. The van der Waals surface area contributed by atoms with Gasteiger partial charge in [0.05, 0.1) is 24.5 Å². The van der Waals surface area contributed by atoms with Crippen LogP contribution in [0.15, 0.2) is 77.2 Å². The van der Waals surface area contributed by atoms with Gasteiger partial charge in [0, 0.05) is 23.6 Å². The predicted octanol–water partition coefficient (Wildman–Crippen LogP) is 5.28. The number of nitrogen functional groups attached to an aromatic ring is 1. The number of nitrogens with two attached hydrogens (primary N) is 1. The fraction of sp³-hybridized carbons (Fsp3) is 0.241. The SMILES string of the molecule is CCCOCCc1cccc2oc(N(C=O)CCOc3ccc(C(=O)Nc4ccccc4N)cc3)cc12. The van der Waals surface area contributed by atoms with Crippen molar-refractivity contribution in [1.82, 2.24) is 0 Å². The van der Waals surface area contributed by atoms with Crippen molar-refractivity contribution in [2.24, 2.45) is 0 Å². The minimum Gasteiger partial charge on any atom is -0.492 e. The molecule has 3 aromatic carbocycles. The van der Waals surface area contributed by atoms with Crippen LogP contribution >= 0.6 is 0 Å². The van der Waals surface area contributed by atoms with Gasteiger partial charge >= 0.3 is 0 Å². The number of nitrogens with zero attached hydrogens (tertiary/aromatic N) is 1. The number of hydrogen-bond acceptors (Lipinski definition) is 6. The molecule has 0 spiro atoms. The molecular weight excluding hydrogens is 470 g/mol. The summed E-state index contributed by atoms with van der Waals surface area (Å²) in [5.41, 5.74) is 9.26. The highest BCUT2D eigenvalue weighted by molar-refractivity contribution is 6.05. The van der Waals surface area contributed by atoms with E-state index in [0.717, 1.165) is 42.4 Å². The van der Waals surface area contributed by atoms with Crippen molar-refractivity contribution in [1.29, 1.82) is 0 Å². The van der Waals surface area contributed by atoms with Gasteiger partial charge in [-0.1, -0.05) is 31.2 Å². The molecule has 0 saturated carbocycles. The Bertz CT molecular complexity index is 1330. The maximum absolute atomic E-state index is 12.5. The average molecular weight is 502 g/mol. The lowest BCUT2D eigenvalue weighted by molar-refractivity contribution is -0.107. The number of furan rings is 1. The van der Waals surface area contributed by atoms with Gasteiger partial charge in [-0.05, 0) is 60.9 Å². The third-order valence-corrected chi connectivity index (χ3v) is 5.84. The molecule has 0 unspecified atom stereocenters. The molecule has 4 aromatic rings. The van der Waals surface area contributed by atoms with E-state index in [9.17, 15) is 9.59 Å². The van der Waals surface area contributed by atoms with Gasteiger partial charge in [-0.3, -0.25) is 14.5 Å². The summed E-state index contributed by atoms with van der Waals surface area (Å²) in [4.78, 5) is 25.8. The lowest BCUT2D eigenvalue weighted by Gasteiger charge is -2.14. The van der Waals surface area contributed by atoms with Crippen LogP contribution in [0.25, 0.3) is 11.0 Å². The zero-order chi connectivity index (χ0) is 26.0. The summed E-state index contributed by atoms with van der Waals surface area (Å²) in [5, 5.41) is 3.76. The molecule has 0 bridgehead atoms. The number of carbonyl (C=O) groups is 2. The molecule has 8 nitrogen and oxygen atoms in total. The van der Waals surface area contributed by atoms with E-state index in [1.165, 1.54) is 4.90 Å². The highest BCUT2D eigenvalue weighted by Crippen LogP contribution is 2.28. The highest BCUT2D eigenvalue weighted by atomic mass is 16.5. The largest absolute Gasteiger partial charge is 0.492 e. The molecule has 8 heteroatoms. The zero-order valence-electron chi connectivity index (χ0n) is 20.8. The molecule has 3 N–H and O–H groups in total. The van der Waals surface area contributed by atoms with Crippen LogP contribution in [0.5, 0.6) is 5.75 Å². The third kappa shape index (κ3) is 6.68. The van der Waals surface area contributed by atoms with Crippen LogP contribution in [0.1, 0.15) is 29.3 Å². The number of fused-ring (bicyclic) bond motifs is 1. The van der Waals surface area contributed by atoms with Crippen LogP contribution < -0.4 is 20.7 Å². The Balaban J connectivity index is 1.32. The number of amides is 2. The smallest absolute Gasteiger partial charge is 0.255 e. The molecule has 1 aromatic heterocycles. The Labute approximate surface area is 216 Å². The fourth-order valence-corrected chi connectivity index (χ4v) is 3.88.